The molecule has 2 aliphatic heterocycles. The molecule has 0 saturated carbocycles. The number of nitrogens with one attached hydrogen (secondary N) is 1. The van der Waals surface area contributed by atoms with E-state index >= 15 is 0 Å². The molecular formula is C9H17FN2. The van der Waals surface area contributed by atoms with Crippen LogP contribution in [0.4, 0.5) is 4.39 Å². The van der Waals surface area contributed by atoms with Crippen LogP contribution in [0.15, 0.2) is 0 Å². The van der Waals surface area contributed by atoms with Crippen molar-refractivity contribution in [2.75, 3.05) is 13.1 Å². The summed E-state index contributed by atoms with van der Waals surface area (Å²) in [6.45, 7) is 6.26. The normalized spacial score (nSPS) is 42.5. The number of nitrogens with zero attached hydrogens (tertiary/aromatic N) is 1. The number of fused-ring (bicyclic) bond motifs is 2. The van der Waals surface area contributed by atoms with Crippen molar-refractivity contribution >= 4 is 0 Å². The Morgan fingerprint density at radius 3 is 2.75 bits per heavy atom. The minimum Gasteiger partial charge on any atom is -0.306 e. The Morgan fingerprint density at radius 1 is 1.42 bits per heavy atom. The van der Waals surface area contributed by atoms with Crippen LogP contribution in [0.5, 0.6) is 0 Å². The molecule has 0 aliphatic carbocycles. The fraction of sp³-hybridized carbons (Fsp3) is 1.00. The maximum absolute atomic E-state index is 13.2. The van der Waals surface area contributed by atoms with Gasteiger partial charge in [-0.1, -0.05) is 0 Å². The third-order valence-corrected chi connectivity index (χ3v) is 3.01. The second-order valence-electron chi connectivity index (χ2n) is 4.27. The Labute approximate surface area is 73.1 Å². The Bertz CT molecular complexity index is 170. The minimum atomic E-state index is -0.612. The number of piperazine rings is 1. The number of likely N-dealkylation sites (tertiary alicyclic amines) is 1. The third kappa shape index (κ3) is 1.36. The molecule has 2 rings (SSSR count). The second-order valence-corrected chi connectivity index (χ2v) is 4.27. The van der Waals surface area contributed by atoms with Gasteiger partial charge in [0.25, 0.3) is 0 Å². The molecule has 2 aliphatic rings. The highest BCUT2D eigenvalue weighted by Crippen LogP contribution is 2.24. The summed E-state index contributed by atoms with van der Waals surface area (Å²) in [5.41, 5.74) is 0. The fourth-order valence-corrected chi connectivity index (χ4v) is 2.24. The standard InChI is InChI=1S/C9H17FN2/c1-6(2)12-4-7-3-8(10)9(5-12)11-7/h6-9,11H,3-5H2,1-2H3/t7-,8-,9-/m1/s1. The van der Waals surface area contributed by atoms with Gasteiger partial charge in [-0.15, -0.1) is 0 Å². The zero-order chi connectivity index (χ0) is 8.72. The largest absolute Gasteiger partial charge is 0.306 e. The molecule has 2 heterocycles. The summed E-state index contributed by atoms with van der Waals surface area (Å²) in [5.74, 6) is 0. The maximum atomic E-state index is 13.2. The van der Waals surface area contributed by atoms with Gasteiger partial charge in [0.1, 0.15) is 6.17 Å². The highest BCUT2D eigenvalue weighted by Gasteiger charge is 2.40. The van der Waals surface area contributed by atoms with E-state index in [0.29, 0.717) is 18.5 Å². The first kappa shape index (κ1) is 8.45. The molecule has 1 N–H and O–H groups in total. The van der Waals surface area contributed by atoms with E-state index in [2.05, 4.69) is 24.1 Å². The third-order valence-electron chi connectivity index (χ3n) is 3.01. The van der Waals surface area contributed by atoms with Crippen LogP contribution in [0.3, 0.4) is 0 Å². The molecular weight excluding hydrogens is 155 g/mol. The molecule has 2 fully saturated rings. The molecule has 2 bridgehead atoms. The lowest BCUT2D eigenvalue weighted by molar-refractivity contribution is 0.146. The molecule has 70 valence electrons. The minimum absolute atomic E-state index is 0.103. The van der Waals surface area contributed by atoms with Crippen molar-refractivity contribution in [2.45, 2.75) is 44.6 Å². The van der Waals surface area contributed by atoms with E-state index in [1.54, 1.807) is 0 Å². The highest BCUT2D eigenvalue weighted by atomic mass is 19.1. The van der Waals surface area contributed by atoms with Crippen molar-refractivity contribution in [3.05, 3.63) is 0 Å². The molecule has 3 atom stereocenters. The first-order chi connectivity index (χ1) is 5.66. The van der Waals surface area contributed by atoms with E-state index in [9.17, 15) is 4.39 Å². The quantitative estimate of drug-likeness (QED) is 0.629. The number of alkyl halides is 1. The average Bonchev–Trinajstić information content (AvgIpc) is 2.26. The topological polar surface area (TPSA) is 15.3 Å². The van der Waals surface area contributed by atoms with E-state index in [1.165, 1.54) is 0 Å². The summed E-state index contributed by atoms with van der Waals surface area (Å²) in [6.07, 6.45) is 0.104. The van der Waals surface area contributed by atoms with Crippen LogP contribution in [0.25, 0.3) is 0 Å². The fourth-order valence-electron chi connectivity index (χ4n) is 2.24. The van der Waals surface area contributed by atoms with Crippen molar-refractivity contribution in [3.8, 4) is 0 Å². The van der Waals surface area contributed by atoms with Gasteiger partial charge in [-0.2, -0.15) is 0 Å². The summed E-state index contributed by atoms with van der Waals surface area (Å²) in [7, 11) is 0. The van der Waals surface area contributed by atoms with Gasteiger partial charge >= 0.3 is 0 Å². The first-order valence-electron chi connectivity index (χ1n) is 4.81. The molecule has 2 saturated heterocycles. The van der Waals surface area contributed by atoms with Crippen molar-refractivity contribution < 1.29 is 4.39 Å². The van der Waals surface area contributed by atoms with Crippen LogP contribution in [0, 0.1) is 0 Å². The lowest BCUT2D eigenvalue weighted by Gasteiger charge is -2.35. The van der Waals surface area contributed by atoms with Gasteiger partial charge in [-0.3, -0.25) is 4.90 Å². The van der Waals surface area contributed by atoms with Crippen LogP contribution < -0.4 is 5.32 Å². The number of halogens is 1. The number of hydrogen-bond donors (Lipinski definition) is 1. The summed E-state index contributed by atoms with van der Waals surface area (Å²) in [6, 6.07) is 1.06. The van der Waals surface area contributed by atoms with Crippen LogP contribution in [-0.2, 0) is 0 Å². The van der Waals surface area contributed by atoms with E-state index in [-0.39, 0.29) is 6.04 Å². The predicted octanol–water partition coefficient (Wildman–Crippen LogP) is 0.779. The predicted molar refractivity (Wildman–Crippen MR) is 46.9 cm³/mol. The summed E-state index contributed by atoms with van der Waals surface area (Å²) in [4.78, 5) is 2.37. The van der Waals surface area contributed by atoms with Crippen molar-refractivity contribution in [2.24, 2.45) is 0 Å². The van der Waals surface area contributed by atoms with Crippen molar-refractivity contribution in [3.63, 3.8) is 0 Å². The maximum Gasteiger partial charge on any atom is 0.118 e. The second kappa shape index (κ2) is 2.96. The monoisotopic (exact) mass is 172 g/mol. The zero-order valence-corrected chi connectivity index (χ0v) is 7.76. The highest BCUT2D eigenvalue weighted by molar-refractivity contribution is 4.99. The molecule has 0 spiro atoms. The summed E-state index contributed by atoms with van der Waals surface area (Å²) < 4.78 is 13.2. The molecule has 0 unspecified atom stereocenters. The van der Waals surface area contributed by atoms with Gasteiger partial charge < -0.3 is 5.32 Å². The lowest BCUT2D eigenvalue weighted by Crippen LogP contribution is -2.54. The van der Waals surface area contributed by atoms with Crippen molar-refractivity contribution in [1.29, 1.82) is 0 Å². The van der Waals surface area contributed by atoms with Gasteiger partial charge in [0.2, 0.25) is 0 Å². The molecule has 2 nitrogen and oxygen atoms in total. The van der Waals surface area contributed by atoms with Crippen LogP contribution in [-0.4, -0.2) is 42.3 Å². The van der Waals surface area contributed by atoms with Crippen LogP contribution in [0.2, 0.25) is 0 Å². The van der Waals surface area contributed by atoms with Crippen LogP contribution in [0.1, 0.15) is 20.3 Å². The zero-order valence-electron chi connectivity index (χ0n) is 7.76. The van der Waals surface area contributed by atoms with Gasteiger partial charge in [0.15, 0.2) is 0 Å². The van der Waals surface area contributed by atoms with Crippen LogP contribution >= 0.6 is 0 Å². The Hall–Kier alpha value is -0.150. The molecule has 12 heavy (non-hydrogen) atoms. The SMILES string of the molecule is CC(C)N1C[C@H]2C[C@@H](F)[C@@H](C1)N2. The molecule has 0 amide bonds. The Balaban J connectivity index is 2.01. The van der Waals surface area contributed by atoms with Crippen molar-refractivity contribution in [1.82, 2.24) is 10.2 Å². The average molecular weight is 172 g/mol. The van der Waals surface area contributed by atoms with E-state index in [0.717, 1.165) is 13.1 Å². The number of rotatable bonds is 1. The van der Waals surface area contributed by atoms with Gasteiger partial charge in [0.05, 0.1) is 6.04 Å². The molecule has 0 aromatic rings. The van der Waals surface area contributed by atoms with Gasteiger partial charge in [-0.05, 0) is 20.3 Å². The molecule has 0 aromatic heterocycles. The molecule has 3 heteroatoms. The first-order valence-corrected chi connectivity index (χ1v) is 4.81. The summed E-state index contributed by atoms with van der Waals surface area (Å²) >= 11 is 0. The molecule has 0 radical (unpaired) electrons. The van der Waals surface area contributed by atoms with E-state index in [1.807, 2.05) is 0 Å². The molecule has 0 aromatic carbocycles. The Morgan fingerprint density at radius 2 is 2.17 bits per heavy atom. The van der Waals surface area contributed by atoms with Gasteiger partial charge in [-0.25, -0.2) is 4.39 Å². The number of hydrogen-bond acceptors (Lipinski definition) is 2. The van der Waals surface area contributed by atoms with E-state index in [4.69, 9.17) is 0 Å². The van der Waals surface area contributed by atoms with E-state index < -0.39 is 6.17 Å². The lowest BCUT2D eigenvalue weighted by atomic mass is 10.2. The summed E-state index contributed by atoms with van der Waals surface area (Å²) in [5, 5.41) is 3.31. The van der Waals surface area contributed by atoms with Gasteiger partial charge in [0, 0.05) is 25.2 Å². The smallest absolute Gasteiger partial charge is 0.118 e. The Kier molecular flexibility index (Phi) is 2.09.